The molecule has 0 spiro atoms. The van der Waals surface area contributed by atoms with E-state index in [-0.39, 0.29) is 11.1 Å². The van der Waals surface area contributed by atoms with Gasteiger partial charge in [-0.3, -0.25) is 0 Å². The van der Waals surface area contributed by atoms with Crippen LogP contribution in [0.5, 0.6) is 0 Å². The molecule has 3 aromatic rings. The number of aryl methyl sites for hydroxylation is 1. The number of nitrogens with zero attached hydrogens (tertiary/aromatic N) is 1. The van der Waals surface area contributed by atoms with Gasteiger partial charge in [-0.2, -0.15) is 4.31 Å². The Morgan fingerprint density at radius 2 is 1.33 bits per heavy atom. The summed E-state index contributed by atoms with van der Waals surface area (Å²) < 4.78 is 29.0. The van der Waals surface area contributed by atoms with Gasteiger partial charge < -0.3 is 0 Å². The molecule has 1 heterocycles. The Balaban J connectivity index is 1.81. The molecule has 3 aromatic carbocycles. The highest BCUT2D eigenvalue weighted by atomic mass is 32.2. The molecule has 1 aliphatic heterocycles. The first-order valence-electron chi connectivity index (χ1n) is 11.8. The average molecular weight is 478 g/mol. The van der Waals surface area contributed by atoms with Gasteiger partial charge in [-0.15, -0.1) is 0 Å². The van der Waals surface area contributed by atoms with Crippen molar-refractivity contribution in [3.8, 4) is 0 Å². The highest BCUT2D eigenvalue weighted by molar-refractivity contribution is 7.89. The fraction of sp³-hybridized carbons (Fsp3) is 0.357. The van der Waals surface area contributed by atoms with E-state index in [0.717, 1.165) is 11.6 Å². The van der Waals surface area contributed by atoms with Gasteiger partial charge in [0.15, 0.2) is 0 Å². The molecule has 1 aliphatic rings. The lowest BCUT2D eigenvalue weighted by molar-refractivity contribution is 0.130. The van der Waals surface area contributed by atoms with Gasteiger partial charge in [-0.05, 0) is 36.1 Å². The standard InChI is InChI=1S/C28H35NO2SSi/c1-22-16-18-24(19-17-22)32(30,31)29-20-23(2)27(29)21-33(28(3,4)5,25-12-8-6-9-13-25)26-14-10-7-11-15-26/h6-19,23,27H,20-21H2,1-5H3/t23-,27-/m0/s1. The second kappa shape index (κ2) is 8.86. The van der Waals surface area contributed by atoms with Crippen LogP contribution in [0.1, 0.15) is 33.3 Å². The molecule has 0 aliphatic carbocycles. The summed E-state index contributed by atoms with van der Waals surface area (Å²) in [5.74, 6) is 0.326. The Labute approximate surface area is 200 Å². The quantitative estimate of drug-likeness (QED) is 0.465. The zero-order valence-electron chi connectivity index (χ0n) is 20.3. The molecule has 3 nitrogen and oxygen atoms in total. The first kappa shape index (κ1) is 23.9. The van der Waals surface area contributed by atoms with Gasteiger partial charge in [0.2, 0.25) is 10.0 Å². The van der Waals surface area contributed by atoms with E-state index in [1.807, 2.05) is 19.1 Å². The zero-order valence-corrected chi connectivity index (χ0v) is 22.1. The lowest BCUT2D eigenvalue weighted by atomic mass is 9.95. The zero-order chi connectivity index (χ0) is 23.9. The van der Waals surface area contributed by atoms with Crippen LogP contribution >= 0.6 is 0 Å². The van der Waals surface area contributed by atoms with Gasteiger partial charge >= 0.3 is 0 Å². The Morgan fingerprint density at radius 1 is 0.848 bits per heavy atom. The minimum atomic E-state index is -3.53. The predicted molar refractivity (Wildman–Crippen MR) is 140 cm³/mol. The van der Waals surface area contributed by atoms with Gasteiger partial charge in [0.1, 0.15) is 8.07 Å². The molecule has 0 bridgehead atoms. The van der Waals surface area contributed by atoms with Crippen molar-refractivity contribution < 1.29 is 8.42 Å². The maximum Gasteiger partial charge on any atom is 0.243 e. The summed E-state index contributed by atoms with van der Waals surface area (Å²) in [6.45, 7) is 11.8. The van der Waals surface area contributed by atoms with E-state index in [1.54, 1.807) is 16.4 Å². The number of benzene rings is 3. The Bertz CT molecular complexity index is 1150. The minimum absolute atomic E-state index is 0.00427. The van der Waals surface area contributed by atoms with E-state index in [1.165, 1.54) is 10.4 Å². The van der Waals surface area contributed by atoms with Crippen LogP contribution in [-0.4, -0.2) is 33.4 Å². The molecular weight excluding hydrogens is 442 g/mol. The van der Waals surface area contributed by atoms with Crippen LogP contribution in [0.3, 0.4) is 0 Å². The van der Waals surface area contributed by atoms with E-state index in [2.05, 4.69) is 88.4 Å². The van der Waals surface area contributed by atoms with Crippen molar-refractivity contribution in [1.29, 1.82) is 0 Å². The SMILES string of the molecule is Cc1ccc(S(=O)(=O)N2C[C@H](C)[C@@H]2C[Si](c2ccccc2)(c2ccccc2)C(C)(C)C)cc1. The van der Waals surface area contributed by atoms with Crippen LogP contribution < -0.4 is 10.4 Å². The number of hydrogen-bond acceptors (Lipinski definition) is 2. The van der Waals surface area contributed by atoms with E-state index in [0.29, 0.717) is 17.4 Å². The molecule has 1 saturated heterocycles. The lowest BCUT2D eigenvalue weighted by Gasteiger charge is -2.53. The summed E-state index contributed by atoms with van der Waals surface area (Å²) in [5.41, 5.74) is 1.06. The molecular formula is C28H35NO2SSi. The normalized spacial score (nSPS) is 19.8. The maximum absolute atomic E-state index is 13.6. The van der Waals surface area contributed by atoms with E-state index >= 15 is 0 Å². The Kier molecular flexibility index (Phi) is 6.42. The third-order valence-electron chi connectivity index (χ3n) is 7.45. The van der Waals surface area contributed by atoms with Crippen molar-refractivity contribution in [2.24, 2.45) is 5.92 Å². The molecule has 0 saturated carbocycles. The molecule has 4 rings (SSSR count). The highest BCUT2D eigenvalue weighted by Crippen LogP contribution is 2.44. The lowest BCUT2D eigenvalue weighted by Crippen LogP contribution is -2.70. The van der Waals surface area contributed by atoms with Gasteiger partial charge in [0.05, 0.1) is 4.90 Å². The van der Waals surface area contributed by atoms with Gasteiger partial charge in [-0.1, -0.05) is 116 Å². The smallest absolute Gasteiger partial charge is 0.207 e. The molecule has 0 N–H and O–H groups in total. The van der Waals surface area contributed by atoms with E-state index < -0.39 is 18.1 Å². The maximum atomic E-state index is 13.6. The second-order valence-corrected chi connectivity index (χ2v) is 17.3. The van der Waals surface area contributed by atoms with Crippen molar-refractivity contribution in [3.63, 3.8) is 0 Å². The summed E-state index contributed by atoms with van der Waals surface area (Å²) in [5, 5.41) is 2.75. The summed E-state index contributed by atoms with van der Waals surface area (Å²) >= 11 is 0. The first-order valence-corrected chi connectivity index (χ1v) is 15.4. The number of hydrogen-bond donors (Lipinski definition) is 0. The van der Waals surface area contributed by atoms with Gasteiger partial charge in [-0.25, -0.2) is 8.42 Å². The highest BCUT2D eigenvalue weighted by Gasteiger charge is 2.54. The number of rotatable bonds is 6. The van der Waals surface area contributed by atoms with Crippen molar-refractivity contribution in [3.05, 3.63) is 90.5 Å². The molecule has 174 valence electrons. The molecule has 0 aromatic heterocycles. The predicted octanol–water partition coefficient (Wildman–Crippen LogP) is 5.07. The fourth-order valence-corrected chi connectivity index (χ4v) is 13.3. The Hall–Kier alpha value is -2.21. The van der Waals surface area contributed by atoms with Crippen molar-refractivity contribution >= 4 is 28.5 Å². The van der Waals surface area contributed by atoms with Crippen LogP contribution in [0.15, 0.2) is 89.8 Å². The summed E-state index contributed by atoms with van der Waals surface area (Å²) in [4.78, 5) is 0.396. The molecule has 0 unspecified atom stereocenters. The van der Waals surface area contributed by atoms with Gasteiger partial charge in [0.25, 0.3) is 0 Å². The third kappa shape index (κ3) is 4.22. The monoisotopic (exact) mass is 477 g/mol. The molecule has 1 fully saturated rings. The third-order valence-corrected chi connectivity index (χ3v) is 15.6. The average Bonchev–Trinajstić information content (AvgIpc) is 2.78. The molecule has 2 atom stereocenters. The van der Waals surface area contributed by atoms with Crippen molar-refractivity contribution in [2.45, 2.75) is 56.6 Å². The second-order valence-electron chi connectivity index (χ2n) is 10.5. The molecule has 33 heavy (non-hydrogen) atoms. The van der Waals surface area contributed by atoms with Crippen LogP contribution in [0.25, 0.3) is 0 Å². The van der Waals surface area contributed by atoms with Crippen LogP contribution in [-0.2, 0) is 10.0 Å². The van der Waals surface area contributed by atoms with Crippen LogP contribution in [0.2, 0.25) is 11.1 Å². The van der Waals surface area contributed by atoms with Crippen molar-refractivity contribution in [1.82, 2.24) is 4.31 Å². The van der Waals surface area contributed by atoms with Crippen LogP contribution in [0, 0.1) is 12.8 Å². The summed E-state index contributed by atoms with van der Waals surface area (Å²) in [7, 11) is -5.89. The van der Waals surface area contributed by atoms with Crippen LogP contribution in [0.4, 0.5) is 0 Å². The molecule has 0 amide bonds. The van der Waals surface area contributed by atoms with E-state index in [9.17, 15) is 8.42 Å². The van der Waals surface area contributed by atoms with E-state index in [4.69, 9.17) is 0 Å². The molecule has 5 heteroatoms. The summed E-state index contributed by atoms with van der Waals surface area (Å²) in [6, 6.07) is 29.8. The Morgan fingerprint density at radius 3 is 1.76 bits per heavy atom. The molecule has 0 radical (unpaired) electrons. The van der Waals surface area contributed by atoms with Gasteiger partial charge in [0, 0.05) is 12.6 Å². The first-order chi connectivity index (χ1) is 15.6. The number of sulfonamides is 1. The summed E-state index contributed by atoms with van der Waals surface area (Å²) in [6.07, 6.45) is 0. The largest absolute Gasteiger partial charge is 0.243 e. The minimum Gasteiger partial charge on any atom is -0.207 e. The topological polar surface area (TPSA) is 37.4 Å². The fourth-order valence-electron chi connectivity index (χ4n) is 5.45. The van der Waals surface area contributed by atoms with Crippen molar-refractivity contribution in [2.75, 3.05) is 6.54 Å².